The highest BCUT2D eigenvalue weighted by atomic mass is 35.5. The van der Waals surface area contributed by atoms with Crippen molar-refractivity contribution in [3.8, 4) is 6.07 Å². The molecule has 144 valence electrons. The van der Waals surface area contributed by atoms with Crippen molar-refractivity contribution in [1.82, 2.24) is 18.7 Å². The van der Waals surface area contributed by atoms with Crippen LogP contribution >= 0.6 is 22.9 Å². The third-order valence-corrected chi connectivity index (χ3v) is 6.38. The maximum atomic E-state index is 12.6. The molecule has 0 saturated carbocycles. The van der Waals surface area contributed by atoms with E-state index in [0.29, 0.717) is 10.6 Å². The normalized spacial score (nSPS) is 12.9. The number of aromatic nitrogens is 4. The van der Waals surface area contributed by atoms with Crippen LogP contribution in [-0.4, -0.2) is 24.6 Å². The summed E-state index contributed by atoms with van der Waals surface area (Å²) < 4.78 is 3.41. The molecule has 3 aromatic rings. The van der Waals surface area contributed by atoms with Gasteiger partial charge in [0.05, 0.1) is 5.56 Å². The number of carbonyl (C=O) groups is 1. The average Bonchev–Trinajstić information content (AvgIpc) is 3.32. The van der Waals surface area contributed by atoms with Crippen LogP contribution in [0, 0.1) is 11.3 Å². The SMILES string of the molecule is Cn1c(=O)c2c(nc(Cl)n2CC(=O)Nc2sc3c(c2C#N)CCC3)n(C)c1=O. The molecule has 0 radical (unpaired) electrons. The maximum Gasteiger partial charge on any atom is 0.332 e. The minimum absolute atomic E-state index is 0.0685. The van der Waals surface area contributed by atoms with E-state index in [2.05, 4.69) is 16.4 Å². The first kappa shape index (κ1) is 18.5. The van der Waals surface area contributed by atoms with Gasteiger partial charge >= 0.3 is 5.69 Å². The molecular weight excluding hydrogens is 404 g/mol. The van der Waals surface area contributed by atoms with Crippen LogP contribution in [0.25, 0.3) is 11.2 Å². The van der Waals surface area contributed by atoms with Gasteiger partial charge < -0.3 is 5.32 Å². The molecule has 0 fully saturated rings. The molecule has 0 bridgehead atoms. The predicted octanol–water partition coefficient (Wildman–Crippen LogP) is 1.15. The number of rotatable bonds is 3. The Morgan fingerprint density at radius 1 is 1.32 bits per heavy atom. The fraction of sp³-hybridized carbons (Fsp3) is 0.353. The number of imidazole rings is 1. The molecule has 0 saturated heterocycles. The average molecular weight is 419 g/mol. The Balaban J connectivity index is 1.71. The van der Waals surface area contributed by atoms with E-state index >= 15 is 0 Å². The first-order chi connectivity index (χ1) is 13.3. The van der Waals surface area contributed by atoms with Gasteiger partial charge in [0.25, 0.3) is 5.56 Å². The molecule has 0 aliphatic heterocycles. The van der Waals surface area contributed by atoms with Crippen LogP contribution in [0.15, 0.2) is 9.59 Å². The van der Waals surface area contributed by atoms with Crippen molar-refractivity contribution in [2.45, 2.75) is 25.8 Å². The Morgan fingerprint density at radius 2 is 2.07 bits per heavy atom. The number of amides is 1. The zero-order chi connectivity index (χ0) is 20.2. The molecular formula is C17H15ClN6O3S. The Hall–Kier alpha value is -2.90. The molecule has 28 heavy (non-hydrogen) atoms. The fourth-order valence-electron chi connectivity index (χ4n) is 3.48. The first-order valence-electron chi connectivity index (χ1n) is 8.49. The molecule has 0 unspecified atom stereocenters. The Bertz CT molecular complexity index is 1310. The van der Waals surface area contributed by atoms with Gasteiger partial charge in [0, 0.05) is 19.0 Å². The van der Waals surface area contributed by atoms with Crippen LogP contribution in [0.5, 0.6) is 0 Å². The first-order valence-corrected chi connectivity index (χ1v) is 9.69. The molecule has 1 N–H and O–H groups in total. The van der Waals surface area contributed by atoms with Gasteiger partial charge in [-0.25, -0.2) is 4.79 Å². The second-order valence-electron chi connectivity index (χ2n) is 6.57. The summed E-state index contributed by atoms with van der Waals surface area (Å²) >= 11 is 7.55. The number of hydrogen-bond donors (Lipinski definition) is 1. The van der Waals surface area contributed by atoms with E-state index in [1.165, 1.54) is 34.6 Å². The zero-order valence-corrected chi connectivity index (χ0v) is 16.6. The van der Waals surface area contributed by atoms with E-state index < -0.39 is 17.2 Å². The van der Waals surface area contributed by atoms with Gasteiger partial charge in [0.2, 0.25) is 11.2 Å². The summed E-state index contributed by atoms with van der Waals surface area (Å²) in [6, 6.07) is 2.17. The maximum absolute atomic E-state index is 12.6. The summed E-state index contributed by atoms with van der Waals surface area (Å²) in [5, 5.41) is 12.6. The number of halogens is 1. The topological polar surface area (TPSA) is 115 Å². The lowest BCUT2D eigenvalue weighted by atomic mass is 10.1. The second-order valence-corrected chi connectivity index (χ2v) is 8.01. The highest BCUT2D eigenvalue weighted by molar-refractivity contribution is 7.16. The lowest BCUT2D eigenvalue weighted by molar-refractivity contribution is -0.116. The van der Waals surface area contributed by atoms with Crippen LogP contribution in [-0.2, 0) is 38.3 Å². The molecule has 11 heteroatoms. The third-order valence-electron chi connectivity index (χ3n) is 4.89. The van der Waals surface area contributed by atoms with E-state index in [1.54, 1.807) is 0 Å². The summed E-state index contributed by atoms with van der Waals surface area (Å²) in [4.78, 5) is 42.4. The second kappa shape index (κ2) is 6.61. The zero-order valence-electron chi connectivity index (χ0n) is 15.1. The highest BCUT2D eigenvalue weighted by Gasteiger charge is 2.24. The minimum atomic E-state index is -0.585. The molecule has 3 aromatic heterocycles. The summed E-state index contributed by atoms with van der Waals surface area (Å²) in [5.41, 5.74) is 0.578. The van der Waals surface area contributed by atoms with Crippen LogP contribution in [0.3, 0.4) is 0 Å². The van der Waals surface area contributed by atoms with Crippen molar-refractivity contribution >= 4 is 45.0 Å². The van der Waals surface area contributed by atoms with Gasteiger partial charge in [-0.1, -0.05) is 0 Å². The molecule has 1 aliphatic carbocycles. The number of carbonyl (C=O) groups excluding carboxylic acids is 1. The number of thiophene rings is 1. The molecule has 0 atom stereocenters. The number of hydrogen-bond acceptors (Lipinski definition) is 6. The van der Waals surface area contributed by atoms with Crippen LogP contribution in [0.4, 0.5) is 5.00 Å². The van der Waals surface area contributed by atoms with Crippen molar-refractivity contribution in [3.05, 3.63) is 42.1 Å². The number of nitrogens with one attached hydrogen (secondary N) is 1. The smallest absolute Gasteiger partial charge is 0.315 e. The molecule has 3 heterocycles. The van der Waals surface area contributed by atoms with Crippen LogP contribution in [0.2, 0.25) is 5.28 Å². The summed E-state index contributed by atoms with van der Waals surface area (Å²) in [7, 11) is 2.83. The minimum Gasteiger partial charge on any atom is -0.315 e. The van der Waals surface area contributed by atoms with Crippen LogP contribution < -0.4 is 16.6 Å². The van der Waals surface area contributed by atoms with E-state index in [0.717, 1.165) is 34.3 Å². The van der Waals surface area contributed by atoms with Gasteiger partial charge in [-0.3, -0.25) is 23.3 Å². The van der Waals surface area contributed by atoms with Crippen molar-refractivity contribution in [2.75, 3.05) is 5.32 Å². The van der Waals surface area contributed by atoms with E-state index in [4.69, 9.17) is 11.6 Å². The molecule has 1 aliphatic rings. The van der Waals surface area contributed by atoms with Gasteiger partial charge in [-0.2, -0.15) is 10.2 Å². The summed E-state index contributed by atoms with van der Waals surface area (Å²) in [6.45, 7) is -0.268. The van der Waals surface area contributed by atoms with Crippen molar-refractivity contribution in [2.24, 2.45) is 14.1 Å². The summed E-state index contributed by atoms with van der Waals surface area (Å²) in [6.07, 6.45) is 2.77. The van der Waals surface area contributed by atoms with Gasteiger partial charge in [-0.15, -0.1) is 11.3 Å². The highest BCUT2D eigenvalue weighted by Crippen LogP contribution is 2.38. The standard InChI is InChI=1S/C17H15ClN6O3S/c1-22-13-12(15(26)23(2)17(22)27)24(16(18)21-13)7-11(25)20-14-9(6-19)8-4-3-5-10(8)28-14/h3-5,7H2,1-2H3,(H,20,25). The molecule has 0 spiro atoms. The Morgan fingerprint density at radius 3 is 2.79 bits per heavy atom. The molecule has 1 amide bonds. The van der Waals surface area contributed by atoms with E-state index in [9.17, 15) is 19.6 Å². The van der Waals surface area contributed by atoms with Gasteiger partial charge in [-0.05, 0) is 36.4 Å². The number of nitriles is 1. The monoisotopic (exact) mass is 418 g/mol. The lowest BCUT2D eigenvalue weighted by Gasteiger charge is -2.08. The number of fused-ring (bicyclic) bond motifs is 2. The molecule has 4 rings (SSSR count). The van der Waals surface area contributed by atoms with Crippen molar-refractivity contribution in [1.29, 1.82) is 5.26 Å². The van der Waals surface area contributed by atoms with Gasteiger partial charge in [0.15, 0.2) is 11.2 Å². The predicted molar refractivity (Wildman–Crippen MR) is 105 cm³/mol. The summed E-state index contributed by atoms with van der Waals surface area (Å²) in [5.74, 6) is -0.437. The van der Waals surface area contributed by atoms with Crippen molar-refractivity contribution in [3.63, 3.8) is 0 Å². The number of anilines is 1. The van der Waals surface area contributed by atoms with E-state index in [-0.39, 0.29) is 23.0 Å². The molecule has 9 nitrogen and oxygen atoms in total. The number of aryl methyl sites for hydroxylation is 2. The quantitative estimate of drug-likeness (QED) is 0.640. The van der Waals surface area contributed by atoms with Crippen molar-refractivity contribution < 1.29 is 4.79 Å². The van der Waals surface area contributed by atoms with E-state index in [1.807, 2.05) is 0 Å². The fourth-order valence-corrected chi connectivity index (χ4v) is 4.96. The van der Waals surface area contributed by atoms with Crippen LogP contribution in [0.1, 0.15) is 22.4 Å². The Kier molecular flexibility index (Phi) is 4.36. The van der Waals surface area contributed by atoms with Gasteiger partial charge in [0.1, 0.15) is 17.6 Å². The lowest BCUT2D eigenvalue weighted by Crippen LogP contribution is -2.37. The third kappa shape index (κ3) is 2.66. The molecule has 0 aromatic carbocycles. The largest absolute Gasteiger partial charge is 0.332 e. The number of nitrogens with zero attached hydrogens (tertiary/aromatic N) is 5. The Labute approximate surface area is 167 Å².